The molecule has 0 radical (unpaired) electrons. The largest absolute Gasteiger partial charge is 0.308 e. The first-order valence-electron chi connectivity index (χ1n) is 14.1. The van der Waals surface area contributed by atoms with E-state index in [4.69, 9.17) is 11.7 Å². The Labute approximate surface area is 235 Å². The lowest BCUT2D eigenvalue weighted by Crippen LogP contribution is -2.47. The highest BCUT2D eigenvalue weighted by Crippen LogP contribution is 2.53. The molecule has 200 valence electrons. The van der Waals surface area contributed by atoms with E-state index in [1.165, 1.54) is 11.1 Å². The molecule has 6 heteroatoms. The summed E-state index contributed by atoms with van der Waals surface area (Å²) < 4.78 is 2.08. The van der Waals surface area contributed by atoms with Crippen molar-refractivity contribution >= 4 is 5.78 Å². The molecule has 0 fully saturated rings. The maximum absolute atomic E-state index is 13.4. The van der Waals surface area contributed by atoms with Gasteiger partial charge in [-0.2, -0.15) is 15.3 Å². The molecule has 0 N–H and O–H groups in total. The molecule has 2 aromatic carbocycles. The molecule has 2 aliphatic carbocycles. The molecule has 3 atom stereocenters. The van der Waals surface area contributed by atoms with Gasteiger partial charge >= 0.3 is 0 Å². The van der Waals surface area contributed by atoms with Gasteiger partial charge in [0.2, 0.25) is 5.70 Å². The number of aryl methyl sites for hydroxylation is 2. The van der Waals surface area contributed by atoms with E-state index < -0.39 is 5.41 Å². The van der Waals surface area contributed by atoms with Crippen molar-refractivity contribution in [1.82, 2.24) is 20.0 Å². The second-order valence-corrected chi connectivity index (χ2v) is 11.4. The number of hydrogen-bond acceptors (Lipinski definition) is 4. The fraction of sp³-hybridized carbons (Fsp3) is 0.324. The van der Waals surface area contributed by atoms with Crippen LogP contribution in [-0.4, -0.2) is 25.8 Å². The van der Waals surface area contributed by atoms with Crippen LogP contribution < -0.4 is 0 Å². The van der Waals surface area contributed by atoms with Crippen LogP contribution >= 0.6 is 0 Å². The number of aromatic nitrogens is 4. The Morgan fingerprint density at radius 2 is 1.77 bits per heavy atom. The van der Waals surface area contributed by atoms with Crippen molar-refractivity contribution in [1.29, 1.82) is 0 Å². The molecule has 40 heavy (non-hydrogen) atoms. The van der Waals surface area contributed by atoms with Crippen LogP contribution in [0.5, 0.6) is 0 Å². The highest BCUT2D eigenvalue weighted by Gasteiger charge is 2.51. The van der Waals surface area contributed by atoms with Crippen molar-refractivity contribution in [3.8, 4) is 28.1 Å². The first-order valence-corrected chi connectivity index (χ1v) is 14.1. The van der Waals surface area contributed by atoms with E-state index >= 15 is 0 Å². The molecule has 4 aromatic rings. The summed E-state index contributed by atoms with van der Waals surface area (Å²) in [5.74, 6) is -0.00385. The molecule has 0 aliphatic heterocycles. The molecule has 2 aromatic heterocycles. The highest BCUT2D eigenvalue weighted by atomic mass is 16.1. The molecule has 0 spiro atoms. The van der Waals surface area contributed by atoms with Crippen LogP contribution in [0.3, 0.4) is 0 Å². The average Bonchev–Trinajstić information content (AvgIpc) is 3.36. The van der Waals surface area contributed by atoms with Gasteiger partial charge in [-0.1, -0.05) is 68.3 Å². The van der Waals surface area contributed by atoms with Gasteiger partial charge in [-0.25, -0.2) is 9.53 Å². The Morgan fingerprint density at radius 3 is 2.45 bits per heavy atom. The van der Waals surface area contributed by atoms with Crippen LogP contribution in [0.4, 0.5) is 0 Å². The fourth-order valence-electron chi connectivity index (χ4n) is 6.83. The minimum atomic E-state index is -0.484. The van der Waals surface area contributed by atoms with Crippen molar-refractivity contribution in [2.24, 2.45) is 11.8 Å². The number of Topliss-reactive ketones (excluding diaryl/α,β-unsaturated/α-hetero) is 1. The topological polar surface area (TPSA) is 65.0 Å². The minimum Gasteiger partial charge on any atom is -0.308 e. The van der Waals surface area contributed by atoms with Crippen LogP contribution in [0.25, 0.3) is 32.9 Å². The number of ketones is 1. The SMILES string of the molecule is [C-]#[N+]C1=C[C@@]2(C)c3c(c(-c4ccc(C)cc4)nn3-c3ccc(-c4cnnc(C)c4)cc3)CC[C@@H]2[C@@H](CCC)C1=O. The smallest absolute Gasteiger partial charge is 0.226 e. The van der Waals surface area contributed by atoms with E-state index in [1.807, 2.05) is 19.1 Å². The van der Waals surface area contributed by atoms with E-state index in [1.54, 1.807) is 6.20 Å². The van der Waals surface area contributed by atoms with Crippen LogP contribution in [0.2, 0.25) is 0 Å². The zero-order valence-electron chi connectivity index (χ0n) is 23.5. The predicted octanol–water partition coefficient (Wildman–Crippen LogP) is 7.24. The zero-order chi connectivity index (χ0) is 28.0. The van der Waals surface area contributed by atoms with Gasteiger partial charge in [0.25, 0.3) is 0 Å². The van der Waals surface area contributed by atoms with Crippen molar-refractivity contribution in [2.45, 2.75) is 58.8 Å². The van der Waals surface area contributed by atoms with Gasteiger partial charge in [0, 0.05) is 28.0 Å². The van der Waals surface area contributed by atoms with Crippen LogP contribution in [0.15, 0.2) is 72.6 Å². The van der Waals surface area contributed by atoms with Crippen molar-refractivity contribution < 1.29 is 4.79 Å². The van der Waals surface area contributed by atoms with E-state index in [2.05, 4.69) is 89.0 Å². The zero-order valence-corrected chi connectivity index (χ0v) is 23.5. The Morgan fingerprint density at radius 1 is 1.05 bits per heavy atom. The number of carbonyl (C=O) groups excluding carboxylic acids is 1. The molecule has 0 unspecified atom stereocenters. The lowest BCUT2D eigenvalue weighted by atomic mass is 9.57. The summed E-state index contributed by atoms with van der Waals surface area (Å²) in [6, 6.07) is 19.0. The van der Waals surface area contributed by atoms with Gasteiger partial charge in [-0.05, 0) is 62.8 Å². The number of fused-ring (bicyclic) bond motifs is 3. The molecular formula is C34H33N5O. The van der Waals surface area contributed by atoms with Gasteiger partial charge in [-0.15, -0.1) is 0 Å². The molecule has 0 amide bonds. The standard InChI is InChI=1S/C34H33N5O/c1-6-7-27-29-17-16-28-31(24-10-8-21(2)9-11-24)38-39(33(28)34(29,4)19-30(35-5)32(27)40)26-14-12-23(13-15-26)25-18-22(3)37-36-20-25/h8-15,18-20,27,29H,6-7,16-17H2,1-4H3/t27-,29-,34-/m1/s1. The summed E-state index contributed by atoms with van der Waals surface area (Å²) in [5, 5.41) is 13.5. The minimum absolute atomic E-state index is 0.0122. The molecule has 0 saturated carbocycles. The average molecular weight is 528 g/mol. The lowest BCUT2D eigenvalue weighted by molar-refractivity contribution is -0.122. The second kappa shape index (κ2) is 9.98. The molecular weight excluding hydrogens is 494 g/mol. The number of nitrogens with zero attached hydrogens (tertiary/aromatic N) is 5. The molecule has 0 saturated heterocycles. The van der Waals surface area contributed by atoms with Crippen LogP contribution in [0.1, 0.15) is 55.6 Å². The van der Waals surface area contributed by atoms with Crippen molar-refractivity contribution in [2.75, 3.05) is 0 Å². The fourth-order valence-corrected chi connectivity index (χ4v) is 6.83. The third kappa shape index (κ3) is 4.17. The molecule has 2 aliphatic rings. The summed E-state index contributed by atoms with van der Waals surface area (Å²) in [6.45, 7) is 16.2. The normalized spacial score (nSPS) is 21.8. The molecule has 6 rings (SSSR count). The van der Waals surface area contributed by atoms with Crippen LogP contribution in [-0.2, 0) is 16.6 Å². The van der Waals surface area contributed by atoms with Crippen molar-refractivity contribution in [3.63, 3.8) is 0 Å². The Bertz CT molecular complexity index is 1670. The number of hydrogen-bond donors (Lipinski definition) is 0. The van der Waals surface area contributed by atoms with Gasteiger partial charge in [0.05, 0.1) is 35.5 Å². The Hall–Kier alpha value is -4.37. The first-order chi connectivity index (χ1) is 19.3. The van der Waals surface area contributed by atoms with Gasteiger partial charge in [0.15, 0.2) is 5.78 Å². The molecule has 0 bridgehead atoms. The maximum Gasteiger partial charge on any atom is 0.226 e. The summed E-state index contributed by atoms with van der Waals surface area (Å²) in [7, 11) is 0. The first kappa shape index (κ1) is 25.9. The van der Waals surface area contributed by atoms with Crippen molar-refractivity contribution in [3.05, 3.63) is 106 Å². The predicted molar refractivity (Wildman–Crippen MR) is 157 cm³/mol. The maximum atomic E-state index is 13.4. The third-order valence-corrected chi connectivity index (χ3v) is 8.75. The number of benzene rings is 2. The number of carbonyl (C=O) groups is 1. The molecule has 2 heterocycles. The number of allylic oxidation sites excluding steroid dienone is 2. The quantitative estimate of drug-likeness (QED) is 0.257. The van der Waals surface area contributed by atoms with E-state index in [0.717, 1.165) is 65.1 Å². The summed E-state index contributed by atoms with van der Waals surface area (Å²) in [5.41, 5.74) is 9.29. The van der Waals surface area contributed by atoms with Gasteiger partial charge < -0.3 is 4.79 Å². The van der Waals surface area contributed by atoms with E-state index in [-0.39, 0.29) is 23.3 Å². The highest BCUT2D eigenvalue weighted by molar-refractivity contribution is 6.00. The monoisotopic (exact) mass is 527 g/mol. The third-order valence-electron chi connectivity index (χ3n) is 8.75. The van der Waals surface area contributed by atoms with Gasteiger partial charge in [-0.3, -0.25) is 0 Å². The molecule has 6 nitrogen and oxygen atoms in total. The summed E-state index contributed by atoms with van der Waals surface area (Å²) in [4.78, 5) is 17.1. The Kier molecular flexibility index (Phi) is 6.46. The van der Waals surface area contributed by atoms with Gasteiger partial charge in [0.1, 0.15) is 0 Å². The summed E-state index contributed by atoms with van der Waals surface area (Å²) in [6.07, 6.45) is 7.21. The Balaban J connectivity index is 1.56. The van der Waals surface area contributed by atoms with E-state index in [0.29, 0.717) is 0 Å². The van der Waals surface area contributed by atoms with E-state index in [9.17, 15) is 4.79 Å². The second-order valence-electron chi connectivity index (χ2n) is 11.4. The van der Waals surface area contributed by atoms with Crippen LogP contribution in [0, 0.1) is 32.3 Å². The lowest BCUT2D eigenvalue weighted by Gasteiger charge is -2.46. The number of rotatable bonds is 5. The summed E-state index contributed by atoms with van der Waals surface area (Å²) >= 11 is 0.